The Balaban J connectivity index is 2.16. The number of aryl methyl sites for hydroxylation is 3. The number of benzene rings is 2. The van der Waals surface area contributed by atoms with Gasteiger partial charge in [0.15, 0.2) is 11.9 Å². The second kappa shape index (κ2) is 8.26. The normalized spacial score (nSPS) is 11.9. The number of anilines is 1. The summed E-state index contributed by atoms with van der Waals surface area (Å²) in [5.41, 5.74) is 3.23. The van der Waals surface area contributed by atoms with Gasteiger partial charge in [-0.25, -0.2) is 0 Å². The van der Waals surface area contributed by atoms with Crippen molar-refractivity contribution < 1.29 is 14.6 Å². The van der Waals surface area contributed by atoms with Gasteiger partial charge in [0.2, 0.25) is 0 Å². The van der Waals surface area contributed by atoms with E-state index in [-0.39, 0.29) is 22.4 Å². The van der Waals surface area contributed by atoms with Crippen LogP contribution >= 0.6 is 11.6 Å². The van der Waals surface area contributed by atoms with Crippen LogP contribution in [0.15, 0.2) is 30.3 Å². The lowest BCUT2D eigenvalue weighted by Gasteiger charge is -2.19. The number of carbonyl (C=O) groups is 1. The Morgan fingerprint density at radius 1 is 1.24 bits per heavy atom. The number of phenols is 1. The van der Waals surface area contributed by atoms with E-state index in [9.17, 15) is 9.90 Å². The van der Waals surface area contributed by atoms with Crippen LogP contribution in [0.1, 0.15) is 37.0 Å². The van der Waals surface area contributed by atoms with E-state index in [0.29, 0.717) is 18.6 Å². The minimum Gasteiger partial charge on any atom is -0.504 e. The fourth-order valence-corrected chi connectivity index (χ4v) is 2.90. The minimum absolute atomic E-state index is 0.115. The number of carbonyl (C=O) groups excluding carboxylic acids is 1. The molecule has 1 amide bonds. The Morgan fingerprint density at radius 2 is 1.96 bits per heavy atom. The summed E-state index contributed by atoms with van der Waals surface area (Å²) in [6.07, 6.45) is 0.541. The second-order valence-electron chi connectivity index (χ2n) is 6.06. The Hall–Kier alpha value is -2.20. The highest BCUT2D eigenvalue weighted by Crippen LogP contribution is 2.35. The number of aromatic hydroxyl groups is 1. The average molecular weight is 362 g/mol. The van der Waals surface area contributed by atoms with Crippen LogP contribution in [0.3, 0.4) is 0 Å². The molecule has 25 heavy (non-hydrogen) atoms. The Morgan fingerprint density at radius 3 is 2.56 bits per heavy atom. The largest absolute Gasteiger partial charge is 0.504 e. The maximum atomic E-state index is 12.6. The zero-order chi connectivity index (χ0) is 18.6. The predicted molar refractivity (Wildman–Crippen MR) is 102 cm³/mol. The maximum Gasteiger partial charge on any atom is 0.265 e. The first kappa shape index (κ1) is 19.1. The molecule has 2 rings (SSSR count). The zero-order valence-corrected chi connectivity index (χ0v) is 15.8. The molecule has 0 heterocycles. The van der Waals surface area contributed by atoms with Crippen molar-refractivity contribution in [3.05, 3.63) is 52.0 Å². The smallest absolute Gasteiger partial charge is 0.265 e. The molecule has 1 unspecified atom stereocenters. The van der Waals surface area contributed by atoms with Crippen LogP contribution in [-0.4, -0.2) is 17.1 Å². The van der Waals surface area contributed by atoms with Gasteiger partial charge in [-0.05, 0) is 49.9 Å². The third-order valence-electron chi connectivity index (χ3n) is 4.10. The van der Waals surface area contributed by atoms with E-state index >= 15 is 0 Å². The number of ether oxygens (including phenoxy) is 1. The van der Waals surface area contributed by atoms with E-state index in [4.69, 9.17) is 16.3 Å². The summed E-state index contributed by atoms with van der Waals surface area (Å²) < 4.78 is 5.87. The molecule has 2 aromatic rings. The standard InChI is InChI=1S/C20H24ClNO3/c1-5-14-8-9-15(19(23)18(14)21)22-20(24)16(6-2)25-17-10-7-12(3)11-13(17)4/h7-11,16,23H,5-6H2,1-4H3,(H,22,24). The molecule has 0 aliphatic carbocycles. The quantitative estimate of drug-likeness (QED) is 0.710. The molecule has 0 aromatic heterocycles. The van der Waals surface area contributed by atoms with Gasteiger partial charge in [0.1, 0.15) is 5.75 Å². The number of nitrogens with one attached hydrogen (secondary N) is 1. The molecular weight excluding hydrogens is 338 g/mol. The third kappa shape index (κ3) is 4.45. The number of hydrogen-bond acceptors (Lipinski definition) is 3. The molecule has 0 spiro atoms. The van der Waals surface area contributed by atoms with Crippen molar-refractivity contribution in [2.24, 2.45) is 0 Å². The van der Waals surface area contributed by atoms with Crippen molar-refractivity contribution in [3.8, 4) is 11.5 Å². The summed E-state index contributed by atoms with van der Waals surface area (Å²) in [7, 11) is 0. The first-order valence-corrected chi connectivity index (χ1v) is 8.80. The van der Waals surface area contributed by atoms with Crippen molar-refractivity contribution in [3.63, 3.8) is 0 Å². The zero-order valence-electron chi connectivity index (χ0n) is 15.0. The molecule has 0 fully saturated rings. The van der Waals surface area contributed by atoms with Gasteiger partial charge in [0, 0.05) is 0 Å². The van der Waals surface area contributed by atoms with Gasteiger partial charge in [-0.1, -0.05) is 49.2 Å². The summed E-state index contributed by atoms with van der Waals surface area (Å²) in [6.45, 7) is 7.78. The number of phenolic OH excluding ortho intramolecular Hbond substituents is 1. The summed E-state index contributed by atoms with van der Waals surface area (Å²) in [4.78, 5) is 12.6. The van der Waals surface area contributed by atoms with Gasteiger partial charge in [0.25, 0.3) is 5.91 Å². The van der Waals surface area contributed by atoms with Crippen LogP contribution in [0.5, 0.6) is 11.5 Å². The van der Waals surface area contributed by atoms with Crippen LogP contribution in [0.2, 0.25) is 5.02 Å². The first-order valence-electron chi connectivity index (χ1n) is 8.42. The van der Waals surface area contributed by atoms with E-state index < -0.39 is 6.10 Å². The highest BCUT2D eigenvalue weighted by atomic mass is 35.5. The molecule has 0 aliphatic rings. The molecule has 0 aliphatic heterocycles. The van der Waals surface area contributed by atoms with Gasteiger partial charge in [0.05, 0.1) is 10.7 Å². The van der Waals surface area contributed by atoms with Gasteiger partial charge in [-0.15, -0.1) is 0 Å². The molecule has 0 saturated carbocycles. The molecule has 0 saturated heterocycles. The molecule has 2 aromatic carbocycles. The number of hydrogen-bond donors (Lipinski definition) is 2. The monoisotopic (exact) mass is 361 g/mol. The number of rotatable bonds is 6. The highest BCUT2D eigenvalue weighted by molar-refractivity contribution is 6.33. The van der Waals surface area contributed by atoms with Gasteiger partial charge < -0.3 is 15.2 Å². The van der Waals surface area contributed by atoms with E-state index in [0.717, 1.165) is 16.7 Å². The lowest BCUT2D eigenvalue weighted by Crippen LogP contribution is -2.32. The van der Waals surface area contributed by atoms with Crippen LogP contribution in [0.25, 0.3) is 0 Å². The molecular formula is C20H24ClNO3. The Bertz CT molecular complexity index is 774. The van der Waals surface area contributed by atoms with Crippen LogP contribution in [-0.2, 0) is 11.2 Å². The number of amides is 1. The highest BCUT2D eigenvalue weighted by Gasteiger charge is 2.21. The Labute approximate surface area is 153 Å². The maximum absolute atomic E-state index is 12.6. The van der Waals surface area contributed by atoms with E-state index in [1.807, 2.05) is 45.9 Å². The van der Waals surface area contributed by atoms with E-state index in [1.54, 1.807) is 12.1 Å². The van der Waals surface area contributed by atoms with Gasteiger partial charge in [-0.3, -0.25) is 4.79 Å². The summed E-state index contributed by atoms with van der Waals surface area (Å²) in [5, 5.41) is 13.2. The van der Waals surface area contributed by atoms with Crippen molar-refractivity contribution in [1.82, 2.24) is 0 Å². The molecule has 0 bridgehead atoms. The third-order valence-corrected chi connectivity index (χ3v) is 4.52. The van der Waals surface area contributed by atoms with Crippen LogP contribution < -0.4 is 10.1 Å². The molecule has 0 radical (unpaired) electrons. The van der Waals surface area contributed by atoms with Gasteiger partial charge >= 0.3 is 0 Å². The second-order valence-corrected chi connectivity index (χ2v) is 6.44. The van der Waals surface area contributed by atoms with Crippen molar-refractivity contribution in [2.75, 3.05) is 5.32 Å². The molecule has 4 nitrogen and oxygen atoms in total. The SMILES string of the molecule is CCc1ccc(NC(=O)C(CC)Oc2ccc(C)cc2C)c(O)c1Cl. The average Bonchev–Trinajstić information content (AvgIpc) is 2.58. The lowest BCUT2D eigenvalue weighted by molar-refractivity contribution is -0.122. The van der Waals surface area contributed by atoms with E-state index in [1.165, 1.54) is 0 Å². The molecule has 134 valence electrons. The summed E-state index contributed by atoms with van der Waals surface area (Å²) in [5.74, 6) is 0.241. The molecule has 2 N–H and O–H groups in total. The fraction of sp³-hybridized carbons (Fsp3) is 0.350. The van der Waals surface area contributed by atoms with Crippen molar-refractivity contribution in [2.45, 2.75) is 46.6 Å². The topological polar surface area (TPSA) is 58.6 Å². The fourth-order valence-electron chi connectivity index (χ4n) is 2.60. The molecule has 5 heteroatoms. The van der Waals surface area contributed by atoms with Crippen LogP contribution in [0, 0.1) is 13.8 Å². The summed E-state index contributed by atoms with van der Waals surface area (Å²) >= 11 is 6.13. The first-order chi connectivity index (χ1) is 11.9. The number of halogens is 1. The summed E-state index contributed by atoms with van der Waals surface area (Å²) in [6, 6.07) is 9.27. The molecule has 1 atom stereocenters. The minimum atomic E-state index is -0.662. The van der Waals surface area contributed by atoms with Gasteiger partial charge in [-0.2, -0.15) is 0 Å². The van der Waals surface area contributed by atoms with Crippen molar-refractivity contribution >= 4 is 23.2 Å². The Kier molecular flexibility index (Phi) is 6.32. The predicted octanol–water partition coefficient (Wildman–Crippen LogP) is 5.02. The van der Waals surface area contributed by atoms with Crippen LogP contribution in [0.4, 0.5) is 5.69 Å². The van der Waals surface area contributed by atoms with Crippen molar-refractivity contribution in [1.29, 1.82) is 0 Å². The lowest BCUT2D eigenvalue weighted by atomic mass is 10.1. The van der Waals surface area contributed by atoms with E-state index in [2.05, 4.69) is 5.32 Å².